The Morgan fingerprint density at radius 1 is 0.974 bits per heavy atom. The van der Waals surface area contributed by atoms with E-state index >= 15 is 0 Å². The Kier molecular flexibility index (Phi) is 6.35. The van der Waals surface area contributed by atoms with Gasteiger partial charge in [-0.3, -0.25) is 10.1 Å². The van der Waals surface area contributed by atoms with Crippen molar-refractivity contribution >= 4 is 60.9 Å². The number of hydrogen-bond donors (Lipinski definition) is 3. The van der Waals surface area contributed by atoms with E-state index in [9.17, 15) is 18.0 Å². The lowest BCUT2D eigenvalue weighted by molar-refractivity contribution is -0.136. The molecule has 8 nitrogen and oxygen atoms in total. The number of para-hydroxylation sites is 2. The first kappa shape index (κ1) is 25.1. The van der Waals surface area contributed by atoms with E-state index in [-0.39, 0.29) is 17.5 Å². The summed E-state index contributed by atoms with van der Waals surface area (Å²) in [5, 5.41) is 6.17. The van der Waals surface area contributed by atoms with Crippen LogP contribution in [0.2, 0.25) is 0 Å². The number of carbonyl (C=O) groups excluding carboxylic acids is 1. The number of aromatic nitrogens is 3. The number of amides is 1. The van der Waals surface area contributed by atoms with Crippen LogP contribution in [0, 0.1) is 0 Å². The molecule has 0 unspecified atom stereocenters. The average molecular weight is 552 g/mol. The summed E-state index contributed by atoms with van der Waals surface area (Å²) >= 11 is 1.39. The first-order valence-electron chi connectivity index (χ1n) is 12.3. The molecule has 1 saturated heterocycles. The minimum absolute atomic E-state index is 0.114. The van der Waals surface area contributed by atoms with Crippen molar-refractivity contribution in [3.63, 3.8) is 0 Å². The summed E-state index contributed by atoms with van der Waals surface area (Å²) in [5.41, 5.74) is 2.09. The van der Waals surface area contributed by atoms with E-state index in [0.29, 0.717) is 21.7 Å². The number of imidazole rings is 1. The zero-order chi connectivity index (χ0) is 27.1. The van der Waals surface area contributed by atoms with Crippen LogP contribution in [0.3, 0.4) is 0 Å². The number of carbonyl (C=O) groups is 1. The van der Waals surface area contributed by atoms with Gasteiger partial charge in [-0.1, -0.05) is 35.6 Å². The fourth-order valence-corrected chi connectivity index (χ4v) is 5.51. The number of halogens is 3. The van der Waals surface area contributed by atoms with Crippen molar-refractivity contribution in [2.45, 2.75) is 6.18 Å². The summed E-state index contributed by atoms with van der Waals surface area (Å²) in [6.45, 7) is 3.12. The van der Waals surface area contributed by atoms with Crippen molar-refractivity contribution in [3.05, 3.63) is 71.8 Å². The fourth-order valence-electron chi connectivity index (χ4n) is 4.65. The maximum Gasteiger partial charge on any atom is 0.418 e. The Bertz CT molecular complexity index is 1640. The molecular formula is C27H24F3N7OS. The molecule has 2 aromatic heterocycles. The maximum atomic E-state index is 13.6. The number of rotatable bonds is 5. The number of aromatic amines is 1. The van der Waals surface area contributed by atoms with Crippen molar-refractivity contribution in [1.29, 1.82) is 0 Å². The van der Waals surface area contributed by atoms with E-state index in [0.717, 1.165) is 48.1 Å². The zero-order valence-electron chi connectivity index (χ0n) is 20.8. The first-order chi connectivity index (χ1) is 18.7. The molecule has 0 radical (unpaired) electrons. The smallest absolute Gasteiger partial charge is 0.368 e. The number of anilines is 4. The van der Waals surface area contributed by atoms with Crippen LogP contribution in [0.4, 0.5) is 35.6 Å². The van der Waals surface area contributed by atoms with E-state index < -0.39 is 11.7 Å². The molecule has 6 rings (SSSR count). The molecule has 3 N–H and O–H groups in total. The highest BCUT2D eigenvalue weighted by atomic mass is 32.1. The Hall–Kier alpha value is -4.16. The molecule has 1 fully saturated rings. The van der Waals surface area contributed by atoms with Crippen LogP contribution in [-0.4, -0.2) is 59.0 Å². The molecule has 3 aromatic carbocycles. The highest BCUT2D eigenvalue weighted by molar-refractivity contribution is 7.22. The first-order valence-corrected chi connectivity index (χ1v) is 13.1. The largest absolute Gasteiger partial charge is 0.418 e. The Balaban J connectivity index is 1.36. The van der Waals surface area contributed by atoms with E-state index in [1.165, 1.54) is 29.5 Å². The normalized spacial score (nSPS) is 14.7. The maximum absolute atomic E-state index is 13.6. The highest BCUT2D eigenvalue weighted by Gasteiger charge is 2.33. The Morgan fingerprint density at radius 2 is 1.72 bits per heavy atom. The second kappa shape index (κ2) is 9.86. The Morgan fingerprint density at radius 3 is 2.49 bits per heavy atom. The number of likely N-dealkylation sites (N-methyl/N-ethyl adjacent to an activating group) is 1. The summed E-state index contributed by atoms with van der Waals surface area (Å²) in [6, 6.07) is 16.4. The lowest BCUT2D eigenvalue weighted by Crippen LogP contribution is -2.45. The molecule has 0 atom stereocenters. The summed E-state index contributed by atoms with van der Waals surface area (Å²) in [7, 11) is 2.05. The molecule has 1 aliphatic rings. The highest BCUT2D eigenvalue weighted by Crippen LogP contribution is 2.36. The number of nitrogens with one attached hydrogen (secondary N) is 3. The van der Waals surface area contributed by atoms with Crippen molar-refractivity contribution < 1.29 is 18.0 Å². The third-order valence-electron chi connectivity index (χ3n) is 6.69. The van der Waals surface area contributed by atoms with Gasteiger partial charge in [-0.25, -0.2) is 9.97 Å². The number of hydrogen-bond acceptors (Lipinski definition) is 7. The summed E-state index contributed by atoms with van der Waals surface area (Å²) in [5.74, 6) is -0.181. The molecule has 0 spiro atoms. The van der Waals surface area contributed by atoms with Gasteiger partial charge in [-0.05, 0) is 43.4 Å². The standard InChI is InChI=1S/C27H24F3N7OS/c1-36-10-12-37(13-11-36)22-15-21-20(32-25(33-21)31-18-7-3-2-6-17(18)27(28,29)30)14-16(22)24(38)35-26-34-19-8-4-5-9-23(19)39-26/h2-9,14-15H,10-13H2,1H3,(H2,31,32,33)(H,34,35,38). The fraction of sp³-hybridized carbons (Fsp3) is 0.222. The van der Waals surface area contributed by atoms with E-state index in [2.05, 4.69) is 35.4 Å². The molecule has 5 aromatic rings. The number of piperazine rings is 1. The van der Waals surface area contributed by atoms with Crippen LogP contribution >= 0.6 is 11.3 Å². The quantitative estimate of drug-likeness (QED) is 0.251. The Labute approximate surface area is 225 Å². The second-order valence-corrected chi connectivity index (χ2v) is 10.4. The molecule has 0 saturated carbocycles. The van der Waals surface area contributed by atoms with Gasteiger partial charge in [-0.15, -0.1) is 0 Å². The van der Waals surface area contributed by atoms with Crippen LogP contribution in [0.1, 0.15) is 15.9 Å². The van der Waals surface area contributed by atoms with Gasteiger partial charge in [0.1, 0.15) is 0 Å². The molecule has 200 valence electrons. The van der Waals surface area contributed by atoms with Gasteiger partial charge in [0.05, 0.1) is 43.8 Å². The summed E-state index contributed by atoms with van der Waals surface area (Å²) in [4.78, 5) is 30.0. The predicted molar refractivity (Wildman–Crippen MR) is 148 cm³/mol. The van der Waals surface area contributed by atoms with E-state index in [1.54, 1.807) is 6.07 Å². The van der Waals surface area contributed by atoms with Gasteiger partial charge in [0.15, 0.2) is 5.13 Å². The van der Waals surface area contributed by atoms with Gasteiger partial charge in [0.25, 0.3) is 5.91 Å². The monoisotopic (exact) mass is 551 g/mol. The number of H-pyrrole nitrogens is 1. The van der Waals surface area contributed by atoms with Crippen LogP contribution in [-0.2, 0) is 6.18 Å². The predicted octanol–water partition coefficient (Wildman–Crippen LogP) is 5.94. The SMILES string of the molecule is CN1CCN(c2cc3[nH]c(Nc4ccccc4C(F)(F)F)nc3cc2C(=O)Nc2nc3ccccc3s2)CC1. The molecule has 0 aliphatic carbocycles. The minimum Gasteiger partial charge on any atom is -0.368 e. The number of nitrogens with zero attached hydrogens (tertiary/aromatic N) is 4. The molecule has 39 heavy (non-hydrogen) atoms. The third kappa shape index (κ3) is 5.12. The van der Waals surface area contributed by atoms with Crippen molar-refractivity contribution in [2.75, 3.05) is 48.8 Å². The van der Waals surface area contributed by atoms with E-state index in [4.69, 9.17) is 0 Å². The second-order valence-electron chi connectivity index (χ2n) is 9.37. The number of alkyl halides is 3. The van der Waals surface area contributed by atoms with Crippen LogP contribution in [0.25, 0.3) is 21.3 Å². The lowest BCUT2D eigenvalue weighted by atomic mass is 10.1. The van der Waals surface area contributed by atoms with Gasteiger partial charge < -0.3 is 20.1 Å². The lowest BCUT2D eigenvalue weighted by Gasteiger charge is -2.35. The van der Waals surface area contributed by atoms with Crippen LogP contribution in [0.15, 0.2) is 60.7 Å². The summed E-state index contributed by atoms with van der Waals surface area (Å²) < 4.78 is 41.5. The number of thiazole rings is 1. The van der Waals surface area contributed by atoms with Gasteiger partial charge in [0, 0.05) is 26.2 Å². The van der Waals surface area contributed by atoms with Crippen molar-refractivity contribution in [1.82, 2.24) is 19.9 Å². The van der Waals surface area contributed by atoms with Gasteiger partial charge in [-0.2, -0.15) is 13.2 Å². The van der Waals surface area contributed by atoms with E-state index in [1.807, 2.05) is 37.4 Å². The molecule has 12 heteroatoms. The molecule has 3 heterocycles. The number of fused-ring (bicyclic) bond motifs is 2. The molecule has 0 bridgehead atoms. The van der Waals surface area contributed by atoms with Crippen molar-refractivity contribution in [3.8, 4) is 0 Å². The third-order valence-corrected chi connectivity index (χ3v) is 7.64. The minimum atomic E-state index is -4.52. The average Bonchev–Trinajstić information content (AvgIpc) is 3.50. The molecular weight excluding hydrogens is 527 g/mol. The zero-order valence-corrected chi connectivity index (χ0v) is 21.7. The van der Waals surface area contributed by atoms with Gasteiger partial charge in [0.2, 0.25) is 5.95 Å². The van der Waals surface area contributed by atoms with Gasteiger partial charge >= 0.3 is 6.18 Å². The summed E-state index contributed by atoms with van der Waals surface area (Å²) in [6.07, 6.45) is -4.52. The van der Waals surface area contributed by atoms with Crippen molar-refractivity contribution in [2.24, 2.45) is 0 Å². The topological polar surface area (TPSA) is 89.2 Å². The van der Waals surface area contributed by atoms with Crippen LogP contribution < -0.4 is 15.5 Å². The molecule has 1 amide bonds. The number of benzene rings is 3. The van der Waals surface area contributed by atoms with Crippen LogP contribution in [0.5, 0.6) is 0 Å². The molecule has 1 aliphatic heterocycles.